The fourth-order valence-corrected chi connectivity index (χ4v) is 5.71. The molecular weight excluding hydrogens is 603 g/mol. The molecule has 13 heteroatoms. The summed E-state index contributed by atoms with van der Waals surface area (Å²) in [4.78, 5) is 51.3. The van der Waals surface area contributed by atoms with Crippen LogP contribution < -0.4 is 20.3 Å². The minimum absolute atomic E-state index is 0.0126. The number of anilines is 4. The van der Waals surface area contributed by atoms with Crippen molar-refractivity contribution in [1.82, 2.24) is 24.3 Å². The van der Waals surface area contributed by atoms with E-state index in [2.05, 4.69) is 32.1 Å². The van der Waals surface area contributed by atoms with Crippen molar-refractivity contribution in [3.63, 3.8) is 0 Å². The molecule has 0 unspecified atom stereocenters. The molecule has 2 aromatic heterocycles. The monoisotopic (exact) mass is 642 g/mol. The van der Waals surface area contributed by atoms with Gasteiger partial charge in [0.15, 0.2) is 5.82 Å². The molecule has 1 fully saturated rings. The third-order valence-electron chi connectivity index (χ3n) is 8.07. The fraction of sp³-hybridized carbons (Fsp3) is 0.324. The third-order valence-corrected chi connectivity index (χ3v) is 8.07. The molecule has 5 rings (SSSR count). The van der Waals surface area contributed by atoms with Crippen LogP contribution in [0.15, 0.2) is 55.3 Å². The van der Waals surface area contributed by atoms with Crippen LogP contribution in [0.1, 0.15) is 37.3 Å². The van der Waals surface area contributed by atoms with E-state index in [0.717, 1.165) is 17.1 Å². The highest BCUT2D eigenvalue weighted by Crippen LogP contribution is 2.39. The number of carbonyl (C=O) groups is 3. The van der Waals surface area contributed by atoms with Crippen molar-refractivity contribution in [2.45, 2.75) is 26.8 Å². The summed E-state index contributed by atoms with van der Waals surface area (Å²) in [5.74, 6) is -0.590. The Kier molecular flexibility index (Phi) is 9.45. The van der Waals surface area contributed by atoms with Crippen LogP contribution in [0.4, 0.5) is 27.4 Å². The van der Waals surface area contributed by atoms with Crippen LogP contribution in [-0.4, -0.2) is 89.4 Å². The topological polar surface area (TPSA) is 125 Å². The van der Waals surface area contributed by atoms with E-state index in [-0.39, 0.29) is 29.5 Å². The van der Waals surface area contributed by atoms with E-state index in [4.69, 9.17) is 4.74 Å². The molecule has 3 amide bonds. The summed E-state index contributed by atoms with van der Waals surface area (Å²) in [5, 5.41) is 6.83. The predicted octanol–water partition coefficient (Wildman–Crippen LogP) is 5.07. The molecule has 0 saturated carbocycles. The molecule has 2 N–H and O–H groups in total. The maximum absolute atomic E-state index is 15.3. The van der Waals surface area contributed by atoms with Gasteiger partial charge in [-0.15, -0.1) is 0 Å². The second-order valence-electron chi connectivity index (χ2n) is 11.7. The highest BCUT2D eigenvalue weighted by Gasteiger charge is 2.24. The van der Waals surface area contributed by atoms with E-state index in [9.17, 15) is 14.4 Å². The molecule has 2 aromatic carbocycles. The number of carbonyl (C=O) groups excluding carboxylic acids is 3. The summed E-state index contributed by atoms with van der Waals surface area (Å²) in [6.45, 7) is 11.3. The number of hydrogen-bond donors (Lipinski definition) is 2. The number of rotatable bonds is 9. The van der Waals surface area contributed by atoms with Gasteiger partial charge in [0.25, 0.3) is 5.91 Å². The lowest BCUT2D eigenvalue weighted by atomic mass is 10.1. The van der Waals surface area contributed by atoms with Crippen molar-refractivity contribution in [3.8, 4) is 17.0 Å². The van der Waals surface area contributed by atoms with E-state index in [1.54, 1.807) is 44.1 Å². The van der Waals surface area contributed by atoms with E-state index in [0.29, 0.717) is 60.2 Å². The first-order chi connectivity index (χ1) is 22.4. The molecule has 1 aliphatic rings. The molecule has 1 aliphatic heterocycles. The number of nitrogens with one attached hydrogen (secondary N) is 2. The Labute approximate surface area is 272 Å². The van der Waals surface area contributed by atoms with Crippen molar-refractivity contribution in [2.24, 2.45) is 0 Å². The zero-order valence-electron chi connectivity index (χ0n) is 27.4. The second-order valence-corrected chi connectivity index (χ2v) is 11.7. The number of amides is 3. The smallest absolute Gasteiger partial charge is 0.270 e. The first-order valence-electron chi connectivity index (χ1n) is 15.2. The molecule has 1 saturated heterocycles. The lowest BCUT2D eigenvalue weighted by molar-refractivity contribution is -0.129. The summed E-state index contributed by atoms with van der Waals surface area (Å²) in [5.41, 5.74) is 3.53. The summed E-state index contributed by atoms with van der Waals surface area (Å²) < 4.78 is 22.9. The average molecular weight is 643 g/mol. The molecule has 0 aliphatic carbocycles. The number of fused-ring (bicyclic) bond motifs is 1. The molecule has 12 nitrogen and oxygen atoms in total. The zero-order chi connectivity index (χ0) is 34.0. The van der Waals surface area contributed by atoms with E-state index >= 15 is 4.39 Å². The van der Waals surface area contributed by atoms with Crippen LogP contribution in [0, 0.1) is 5.82 Å². The molecule has 3 heterocycles. The zero-order valence-corrected chi connectivity index (χ0v) is 27.4. The Balaban J connectivity index is 1.52. The lowest BCUT2D eigenvalue weighted by Crippen LogP contribution is -2.48. The Morgan fingerprint density at radius 2 is 1.79 bits per heavy atom. The minimum Gasteiger partial charge on any atom is -0.494 e. The Hall–Kier alpha value is -5.46. The van der Waals surface area contributed by atoms with Gasteiger partial charge < -0.3 is 34.6 Å². The van der Waals surface area contributed by atoms with E-state index < -0.39 is 11.7 Å². The van der Waals surface area contributed by atoms with Crippen LogP contribution in [0.2, 0.25) is 0 Å². The molecule has 47 heavy (non-hydrogen) atoms. The number of halogens is 1. The molecule has 0 bridgehead atoms. The highest BCUT2D eigenvalue weighted by molar-refractivity contribution is 6.02. The fourth-order valence-electron chi connectivity index (χ4n) is 5.71. The van der Waals surface area contributed by atoms with Gasteiger partial charge in [0.1, 0.15) is 17.1 Å². The SMILES string of the molecule is C=CC(=O)Nc1cc(Nc2ncc(F)c(-c3ccc4cc(C(=O)N(C)C)n(C(C)C)c4c3)n2)c(OC)cc1N1CCN(C(C)=O)CC1. The number of benzene rings is 2. The van der Waals surface area contributed by atoms with Crippen molar-refractivity contribution in [2.75, 3.05) is 62.9 Å². The number of piperazine rings is 1. The van der Waals surface area contributed by atoms with Gasteiger partial charge in [-0.1, -0.05) is 18.7 Å². The van der Waals surface area contributed by atoms with Gasteiger partial charge in [-0.25, -0.2) is 14.4 Å². The van der Waals surface area contributed by atoms with Gasteiger partial charge >= 0.3 is 0 Å². The lowest BCUT2D eigenvalue weighted by Gasteiger charge is -2.36. The molecule has 246 valence electrons. The predicted molar refractivity (Wildman–Crippen MR) is 181 cm³/mol. The van der Waals surface area contributed by atoms with Gasteiger partial charge in [-0.2, -0.15) is 0 Å². The molecule has 4 aromatic rings. The maximum atomic E-state index is 15.3. The normalized spacial score (nSPS) is 13.1. The maximum Gasteiger partial charge on any atom is 0.270 e. The first-order valence-corrected chi connectivity index (χ1v) is 15.2. The van der Waals surface area contributed by atoms with Crippen LogP contribution >= 0.6 is 0 Å². The van der Waals surface area contributed by atoms with Crippen molar-refractivity contribution >= 4 is 51.6 Å². The number of ether oxygens (including phenoxy) is 1. The quantitative estimate of drug-likeness (QED) is 0.243. The van der Waals surface area contributed by atoms with Gasteiger partial charge in [0.2, 0.25) is 17.8 Å². The Morgan fingerprint density at radius 3 is 2.40 bits per heavy atom. The summed E-state index contributed by atoms with van der Waals surface area (Å²) >= 11 is 0. The number of nitrogens with zero attached hydrogens (tertiary/aromatic N) is 6. The third kappa shape index (κ3) is 6.74. The summed E-state index contributed by atoms with van der Waals surface area (Å²) in [7, 11) is 4.93. The van der Waals surface area contributed by atoms with Crippen molar-refractivity contribution in [3.05, 3.63) is 66.8 Å². The number of hydrogen-bond acceptors (Lipinski definition) is 8. The summed E-state index contributed by atoms with van der Waals surface area (Å²) in [6, 6.07) is 10.7. The van der Waals surface area contributed by atoms with E-state index in [1.165, 1.54) is 18.1 Å². The standard InChI is InChI=1S/C34H39FN8O4/c1-8-31(45)37-25-17-26(30(47-7)18-28(25)42-13-11-41(12-14-42)21(4)44)38-34-36-19-24(35)32(39-34)23-10-9-22-15-29(33(46)40(5)6)43(20(2)3)27(22)16-23/h8-10,15-20H,1,11-14H2,2-7H3,(H,37,45)(H,36,38,39). The molecule has 0 spiro atoms. The molecular formula is C34H39FN8O4. The largest absolute Gasteiger partial charge is 0.494 e. The van der Waals surface area contributed by atoms with Crippen molar-refractivity contribution < 1.29 is 23.5 Å². The van der Waals surface area contributed by atoms with Crippen LogP contribution in [0.25, 0.3) is 22.2 Å². The molecule has 0 radical (unpaired) electrons. The van der Waals surface area contributed by atoms with Crippen LogP contribution in [0.5, 0.6) is 5.75 Å². The minimum atomic E-state index is -0.618. The first kappa shape index (κ1) is 32.9. The average Bonchev–Trinajstić information content (AvgIpc) is 3.44. The number of aromatic nitrogens is 3. The highest BCUT2D eigenvalue weighted by atomic mass is 19.1. The van der Waals surface area contributed by atoms with Gasteiger partial charge in [-0.3, -0.25) is 14.4 Å². The van der Waals surface area contributed by atoms with Gasteiger partial charge in [-0.05, 0) is 38.1 Å². The van der Waals surface area contributed by atoms with Crippen molar-refractivity contribution in [1.29, 1.82) is 0 Å². The molecule has 0 atom stereocenters. The second kappa shape index (κ2) is 13.5. The van der Waals surface area contributed by atoms with Gasteiger partial charge in [0, 0.05) is 75.8 Å². The van der Waals surface area contributed by atoms with E-state index in [1.807, 2.05) is 36.6 Å². The Bertz CT molecular complexity index is 1860. The number of methoxy groups -OCH3 is 1. The van der Waals surface area contributed by atoms with Gasteiger partial charge in [0.05, 0.1) is 30.4 Å². The van der Waals surface area contributed by atoms with Crippen LogP contribution in [-0.2, 0) is 9.59 Å². The summed E-state index contributed by atoms with van der Waals surface area (Å²) in [6.07, 6.45) is 2.27. The van der Waals surface area contributed by atoms with Crippen LogP contribution in [0.3, 0.4) is 0 Å². The Morgan fingerprint density at radius 1 is 1.06 bits per heavy atom.